The summed E-state index contributed by atoms with van der Waals surface area (Å²) in [6, 6.07) is 30.6. The van der Waals surface area contributed by atoms with Gasteiger partial charge in [-0.05, 0) is 53.9 Å². The third-order valence-electron chi connectivity index (χ3n) is 7.09. The Bertz CT molecular complexity index is 1860. The molecule has 0 saturated carbocycles. The molecule has 1 amide bonds. The number of ketones is 1. The molecule has 0 spiro atoms. The number of hydrogen-bond donors (Lipinski definition) is 1. The molecule has 0 bridgehead atoms. The topological polar surface area (TPSA) is 92.6 Å². The number of aliphatic hydroxyl groups is 1. The number of benzene rings is 4. The number of hydrogen-bond acceptors (Lipinski definition) is 8. The smallest absolute Gasteiger partial charge is 0.301 e. The number of carbonyl (C=O) groups is 2. The highest BCUT2D eigenvalue weighted by atomic mass is 35.5. The first-order chi connectivity index (χ1) is 21.4. The summed E-state index contributed by atoms with van der Waals surface area (Å²) in [4.78, 5) is 28.3. The molecule has 1 saturated heterocycles. The Kier molecular flexibility index (Phi) is 8.79. The van der Waals surface area contributed by atoms with Gasteiger partial charge in [-0.2, -0.15) is 0 Å². The van der Waals surface area contributed by atoms with Crippen molar-refractivity contribution in [3.63, 3.8) is 0 Å². The van der Waals surface area contributed by atoms with Crippen molar-refractivity contribution in [2.75, 3.05) is 4.90 Å². The third kappa shape index (κ3) is 6.26. The summed E-state index contributed by atoms with van der Waals surface area (Å²) >= 11 is 8.94. The minimum atomic E-state index is -0.886. The van der Waals surface area contributed by atoms with E-state index in [0.717, 1.165) is 16.7 Å². The van der Waals surface area contributed by atoms with Crippen LogP contribution in [0.25, 0.3) is 5.76 Å². The quantitative estimate of drug-likeness (QED) is 0.0574. The zero-order chi connectivity index (χ0) is 30.6. The predicted octanol–water partition coefficient (Wildman–Crippen LogP) is 8.00. The molecule has 1 atom stereocenters. The Morgan fingerprint density at radius 3 is 2.45 bits per heavy atom. The van der Waals surface area contributed by atoms with Crippen LogP contribution in [0.15, 0.2) is 113 Å². The molecule has 2 heterocycles. The van der Waals surface area contributed by atoms with Gasteiger partial charge in [0.15, 0.2) is 4.34 Å². The SMILES string of the molecule is Cc1cccc(COc2ccc(/C(O)=C3\C(=O)C(=O)N(c4nnc(SCc5ccccc5Cl)s4)C3c3ccccc3)cc2)c1. The zero-order valence-electron chi connectivity index (χ0n) is 23.5. The fraction of sp³-hybridized carbons (Fsp3) is 0.118. The summed E-state index contributed by atoms with van der Waals surface area (Å²) in [6.07, 6.45) is 0. The van der Waals surface area contributed by atoms with Crippen LogP contribution in [-0.2, 0) is 21.9 Å². The van der Waals surface area contributed by atoms with Crippen LogP contribution < -0.4 is 9.64 Å². The summed E-state index contributed by atoms with van der Waals surface area (Å²) in [5.74, 6) is -0.671. The van der Waals surface area contributed by atoms with Gasteiger partial charge in [-0.1, -0.05) is 113 Å². The Labute approximate surface area is 267 Å². The Hall–Kier alpha value is -4.44. The summed E-state index contributed by atoms with van der Waals surface area (Å²) in [6.45, 7) is 2.42. The van der Waals surface area contributed by atoms with Gasteiger partial charge in [0.2, 0.25) is 5.13 Å². The zero-order valence-corrected chi connectivity index (χ0v) is 25.9. The van der Waals surface area contributed by atoms with Crippen molar-refractivity contribution in [2.45, 2.75) is 29.7 Å². The fourth-order valence-electron chi connectivity index (χ4n) is 4.93. The molecule has 0 aliphatic carbocycles. The molecular formula is C34H26ClN3O4S2. The second-order valence-corrected chi connectivity index (χ2v) is 12.7. The fourth-order valence-corrected chi connectivity index (χ4v) is 7.08. The van der Waals surface area contributed by atoms with Crippen LogP contribution in [0.4, 0.5) is 5.13 Å². The first-order valence-electron chi connectivity index (χ1n) is 13.7. The minimum absolute atomic E-state index is 0.0184. The molecule has 7 nitrogen and oxygen atoms in total. The summed E-state index contributed by atoms with van der Waals surface area (Å²) in [7, 11) is 0. The number of halogens is 1. The van der Waals surface area contributed by atoms with Crippen LogP contribution in [0, 0.1) is 6.92 Å². The van der Waals surface area contributed by atoms with Crippen molar-refractivity contribution in [3.8, 4) is 5.75 Å². The first kappa shape index (κ1) is 29.6. The largest absolute Gasteiger partial charge is 0.507 e. The number of nitrogens with zero attached hydrogens (tertiary/aromatic N) is 3. The number of Topliss-reactive ketones (excluding diaryl/α,β-unsaturated/α-hetero) is 1. The third-order valence-corrected chi connectivity index (χ3v) is 9.56. The molecule has 1 unspecified atom stereocenters. The van der Waals surface area contributed by atoms with E-state index in [9.17, 15) is 14.7 Å². The van der Waals surface area contributed by atoms with Gasteiger partial charge in [0.25, 0.3) is 5.78 Å². The number of carbonyl (C=O) groups excluding carboxylic acids is 2. The highest BCUT2D eigenvalue weighted by Gasteiger charge is 2.48. The standard InChI is InChI=1S/C34H26ClN3O4S2/c1-21-8-7-9-22(18-21)19-42-26-16-14-24(15-17-26)30(39)28-29(23-10-3-2-4-11-23)38(32(41)31(28)40)33-36-37-34(44-33)43-20-25-12-5-6-13-27(25)35/h2-18,29,39H,19-20H2,1H3/b30-28+. The van der Waals surface area contributed by atoms with Gasteiger partial charge in [-0.25, -0.2) is 0 Å². The van der Waals surface area contributed by atoms with E-state index in [1.807, 2.05) is 79.7 Å². The maximum Gasteiger partial charge on any atom is 0.301 e. The van der Waals surface area contributed by atoms with Gasteiger partial charge in [-0.3, -0.25) is 14.5 Å². The highest BCUT2D eigenvalue weighted by Crippen LogP contribution is 2.44. The van der Waals surface area contributed by atoms with Crippen molar-refractivity contribution in [2.24, 2.45) is 0 Å². The van der Waals surface area contributed by atoms with Gasteiger partial charge in [0.05, 0.1) is 11.6 Å². The van der Waals surface area contributed by atoms with E-state index in [0.29, 0.717) is 38.6 Å². The van der Waals surface area contributed by atoms with Crippen LogP contribution >= 0.6 is 34.7 Å². The molecular weight excluding hydrogens is 614 g/mol. The van der Waals surface area contributed by atoms with E-state index < -0.39 is 17.7 Å². The lowest BCUT2D eigenvalue weighted by Gasteiger charge is -2.22. The molecule has 44 heavy (non-hydrogen) atoms. The van der Waals surface area contributed by atoms with E-state index in [1.54, 1.807) is 24.3 Å². The molecule has 1 aliphatic rings. The van der Waals surface area contributed by atoms with Crippen molar-refractivity contribution in [1.82, 2.24) is 10.2 Å². The van der Waals surface area contributed by atoms with E-state index >= 15 is 0 Å². The number of aliphatic hydroxyl groups excluding tert-OH is 1. The lowest BCUT2D eigenvalue weighted by atomic mass is 9.95. The Balaban J connectivity index is 1.28. The summed E-state index contributed by atoms with van der Waals surface area (Å²) in [5, 5.41) is 20.9. The van der Waals surface area contributed by atoms with E-state index in [2.05, 4.69) is 16.3 Å². The second-order valence-electron chi connectivity index (χ2n) is 10.1. The molecule has 10 heteroatoms. The average Bonchev–Trinajstić information content (AvgIpc) is 3.61. The maximum atomic E-state index is 13.5. The van der Waals surface area contributed by atoms with E-state index in [1.165, 1.54) is 28.0 Å². The van der Waals surface area contributed by atoms with Gasteiger partial charge in [0.1, 0.15) is 18.1 Å². The van der Waals surface area contributed by atoms with Crippen LogP contribution in [0.5, 0.6) is 5.75 Å². The van der Waals surface area contributed by atoms with Gasteiger partial charge in [-0.15, -0.1) is 10.2 Å². The molecule has 220 valence electrons. The van der Waals surface area contributed by atoms with Crippen LogP contribution in [0.1, 0.15) is 33.9 Å². The number of aromatic nitrogens is 2. The highest BCUT2D eigenvalue weighted by molar-refractivity contribution is 8.00. The van der Waals surface area contributed by atoms with Crippen molar-refractivity contribution in [3.05, 3.63) is 142 Å². The van der Waals surface area contributed by atoms with Crippen molar-refractivity contribution >= 4 is 57.3 Å². The van der Waals surface area contributed by atoms with Gasteiger partial charge >= 0.3 is 5.91 Å². The van der Waals surface area contributed by atoms with Crippen molar-refractivity contribution < 1.29 is 19.4 Å². The molecule has 6 rings (SSSR count). The monoisotopic (exact) mass is 639 g/mol. The van der Waals surface area contributed by atoms with Crippen LogP contribution in [-0.4, -0.2) is 27.0 Å². The second kappa shape index (κ2) is 13.1. The molecule has 1 aliphatic heterocycles. The predicted molar refractivity (Wildman–Crippen MR) is 174 cm³/mol. The Morgan fingerprint density at radius 2 is 1.70 bits per heavy atom. The number of amides is 1. The van der Waals surface area contributed by atoms with Crippen LogP contribution in [0.2, 0.25) is 5.02 Å². The molecule has 5 aromatic rings. The minimum Gasteiger partial charge on any atom is -0.507 e. The maximum absolute atomic E-state index is 13.5. The lowest BCUT2D eigenvalue weighted by Crippen LogP contribution is -2.29. The molecule has 1 fully saturated rings. The van der Waals surface area contributed by atoms with E-state index in [4.69, 9.17) is 16.3 Å². The average molecular weight is 640 g/mol. The number of ether oxygens (including phenoxy) is 1. The first-order valence-corrected chi connectivity index (χ1v) is 15.9. The molecule has 1 aromatic heterocycles. The van der Waals surface area contributed by atoms with Crippen LogP contribution in [0.3, 0.4) is 0 Å². The molecule has 0 radical (unpaired) electrons. The van der Waals surface area contributed by atoms with Gasteiger partial charge in [0, 0.05) is 16.3 Å². The van der Waals surface area contributed by atoms with Gasteiger partial charge < -0.3 is 9.84 Å². The number of anilines is 1. The Morgan fingerprint density at radius 1 is 0.955 bits per heavy atom. The molecule has 4 aromatic carbocycles. The number of thioether (sulfide) groups is 1. The summed E-state index contributed by atoms with van der Waals surface area (Å²) in [5.41, 5.74) is 4.17. The normalized spacial score (nSPS) is 16.0. The lowest BCUT2D eigenvalue weighted by molar-refractivity contribution is -0.132. The summed E-state index contributed by atoms with van der Waals surface area (Å²) < 4.78 is 6.54. The molecule has 1 N–H and O–H groups in total. The van der Waals surface area contributed by atoms with Crippen molar-refractivity contribution in [1.29, 1.82) is 0 Å². The van der Waals surface area contributed by atoms with E-state index in [-0.39, 0.29) is 16.5 Å². The number of rotatable bonds is 9. The number of aryl methyl sites for hydroxylation is 1.